The van der Waals surface area contributed by atoms with E-state index in [0.717, 1.165) is 11.3 Å². The number of aromatic nitrogens is 2. The van der Waals surface area contributed by atoms with Crippen molar-refractivity contribution in [1.82, 2.24) is 9.97 Å². The molecule has 2 heterocycles. The summed E-state index contributed by atoms with van der Waals surface area (Å²) < 4.78 is 0. The van der Waals surface area contributed by atoms with E-state index in [-0.39, 0.29) is 5.41 Å². The van der Waals surface area contributed by atoms with Crippen LogP contribution in [0.2, 0.25) is 0 Å². The minimum atomic E-state index is 0.166. The van der Waals surface area contributed by atoms with Gasteiger partial charge in [-0.3, -0.25) is 0 Å². The van der Waals surface area contributed by atoms with Crippen LogP contribution >= 0.6 is 0 Å². The molecule has 15 heavy (non-hydrogen) atoms. The fourth-order valence-corrected chi connectivity index (χ4v) is 2.26. The van der Waals surface area contributed by atoms with Crippen molar-refractivity contribution in [3.8, 4) is 0 Å². The molecule has 0 radical (unpaired) electrons. The van der Waals surface area contributed by atoms with Gasteiger partial charge in [0.1, 0.15) is 5.65 Å². The average molecular weight is 202 g/mol. The standard InChI is InChI=1S/C13H18N2/c1-8-6-7-10-11(13(3,4)5)9(2)15-12(10)14-8/h6-7H,1-5H3,(H,14,15). The van der Waals surface area contributed by atoms with Crippen LogP contribution in [0.25, 0.3) is 11.0 Å². The normalized spacial score (nSPS) is 12.3. The molecule has 0 aromatic carbocycles. The van der Waals surface area contributed by atoms with Crippen LogP contribution in [-0.2, 0) is 5.41 Å². The molecule has 0 spiro atoms. The molecule has 0 bridgehead atoms. The summed E-state index contributed by atoms with van der Waals surface area (Å²) in [6.07, 6.45) is 0. The fraction of sp³-hybridized carbons (Fsp3) is 0.462. The lowest BCUT2D eigenvalue weighted by Gasteiger charge is -2.19. The van der Waals surface area contributed by atoms with Crippen molar-refractivity contribution in [2.45, 2.75) is 40.0 Å². The Balaban J connectivity index is 2.80. The Morgan fingerprint density at radius 2 is 1.80 bits per heavy atom. The molecule has 80 valence electrons. The number of pyridine rings is 1. The molecule has 0 atom stereocenters. The lowest BCUT2D eigenvalue weighted by Crippen LogP contribution is -2.11. The minimum Gasteiger partial charge on any atom is -0.343 e. The van der Waals surface area contributed by atoms with Gasteiger partial charge in [0, 0.05) is 16.8 Å². The molecule has 0 saturated carbocycles. The first-order valence-corrected chi connectivity index (χ1v) is 5.36. The Hall–Kier alpha value is -1.31. The molecule has 2 rings (SSSR count). The van der Waals surface area contributed by atoms with Gasteiger partial charge in [-0.2, -0.15) is 0 Å². The van der Waals surface area contributed by atoms with Crippen LogP contribution < -0.4 is 0 Å². The number of nitrogens with zero attached hydrogens (tertiary/aromatic N) is 1. The van der Waals surface area contributed by atoms with Gasteiger partial charge in [-0.25, -0.2) is 4.98 Å². The van der Waals surface area contributed by atoms with E-state index < -0.39 is 0 Å². The zero-order valence-corrected chi connectivity index (χ0v) is 10.1. The predicted molar refractivity (Wildman–Crippen MR) is 64.3 cm³/mol. The number of aryl methyl sites for hydroxylation is 2. The van der Waals surface area contributed by atoms with Gasteiger partial charge in [0.2, 0.25) is 0 Å². The van der Waals surface area contributed by atoms with E-state index in [2.05, 4.69) is 49.8 Å². The molecule has 2 nitrogen and oxygen atoms in total. The zero-order chi connectivity index (χ0) is 11.2. The molecule has 0 unspecified atom stereocenters. The van der Waals surface area contributed by atoms with Gasteiger partial charge in [0.25, 0.3) is 0 Å². The van der Waals surface area contributed by atoms with Crippen LogP contribution in [0, 0.1) is 13.8 Å². The van der Waals surface area contributed by atoms with Crippen molar-refractivity contribution in [3.05, 3.63) is 29.1 Å². The monoisotopic (exact) mass is 202 g/mol. The third-order valence-electron chi connectivity index (χ3n) is 2.73. The summed E-state index contributed by atoms with van der Waals surface area (Å²) in [4.78, 5) is 7.88. The molecular weight excluding hydrogens is 184 g/mol. The average Bonchev–Trinajstić information content (AvgIpc) is 2.38. The molecular formula is C13H18N2. The third kappa shape index (κ3) is 1.65. The Morgan fingerprint density at radius 1 is 1.13 bits per heavy atom. The lowest BCUT2D eigenvalue weighted by atomic mass is 9.85. The van der Waals surface area contributed by atoms with E-state index in [1.54, 1.807) is 0 Å². The highest BCUT2D eigenvalue weighted by Crippen LogP contribution is 2.32. The first kappa shape index (κ1) is 10.2. The molecule has 2 heteroatoms. The molecule has 0 fully saturated rings. The molecule has 2 aromatic heterocycles. The fourth-order valence-electron chi connectivity index (χ4n) is 2.26. The Labute approximate surface area is 90.7 Å². The number of rotatable bonds is 0. The molecule has 0 saturated heterocycles. The quantitative estimate of drug-likeness (QED) is 0.696. The second-order valence-corrected chi connectivity index (χ2v) is 5.22. The summed E-state index contributed by atoms with van der Waals surface area (Å²) in [5.41, 5.74) is 4.85. The second kappa shape index (κ2) is 3.09. The molecule has 0 aliphatic rings. The molecule has 2 aromatic rings. The first-order valence-electron chi connectivity index (χ1n) is 5.36. The number of aromatic amines is 1. The highest BCUT2D eigenvalue weighted by molar-refractivity contribution is 5.82. The van der Waals surface area contributed by atoms with Crippen molar-refractivity contribution in [2.24, 2.45) is 0 Å². The Bertz CT molecular complexity index is 501. The Kier molecular flexibility index (Phi) is 2.10. The number of fused-ring (bicyclic) bond motifs is 1. The van der Waals surface area contributed by atoms with Crippen LogP contribution in [-0.4, -0.2) is 9.97 Å². The number of hydrogen-bond donors (Lipinski definition) is 1. The lowest BCUT2D eigenvalue weighted by molar-refractivity contribution is 0.591. The summed E-state index contributed by atoms with van der Waals surface area (Å²) >= 11 is 0. The van der Waals surface area contributed by atoms with Crippen LogP contribution in [0.3, 0.4) is 0 Å². The van der Waals surface area contributed by atoms with E-state index in [4.69, 9.17) is 0 Å². The van der Waals surface area contributed by atoms with Crippen molar-refractivity contribution in [2.75, 3.05) is 0 Å². The SMILES string of the molecule is Cc1ccc2c(C(C)(C)C)c(C)[nH]c2n1. The van der Waals surface area contributed by atoms with E-state index in [0.29, 0.717) is 0 Å². The van der Waals surface area contributed by atoms with Crippen LogP contribution in [0.5, 0.6) is 0 Å². The third-order valence-corrected chi connectivity index (χ3v) is 2.73. The van der Waals surface area contributed by atoms with Crippen LogP contribution in [0.4, 0.5) is 0 Å². The van der Waals surface area contributed by atoms with Crippen molar-refractivity contribution in [3.63, 3.8) is 0 Å². The van der Waals surface area contributed by atoms with Gasteiger partial charge in [-0.05, 0) is 37.0 Å². The number of nitrogens with one attached hydrogen (secondary N) is 1. The zero-order valence-electron chi connectivity index (χ0n) is 10.1. The van der Waals surface area contributed by atoms with Gasteiger partial charge in [-0.15, -0.1) is 0 Å². The first-order chi connectivity index (χ1) is 6.89. The number of H-pyrrole nitrogens is 1. The van der Waals surface area contributed by atoms with Gasteiger partial charge < -0.3 is 4.98 Å². The van der Waals surface area contributed by atoms with Crippen molar-refractivity contribution in [1.29, 1.82) is 0 Å². The summed E-state index contributed by atoms with van der Waals surface area (Å²) in [5, 5.41) is 1.26. The maximum absolute atomic E-state index is 4.52. The summed E-state index contributed by atoms with van der Waals surface area (Å²) in [7, 11) is 0. The summed E-state index contributed by atoms with van der Waals surface area (Å²) in [5.74, 6) is 0. The smallest absolute Gasteiger partial charge is 0.138 e. The minimum absolute atomic E-state index is 0.166. The largest absolute Gasteiger partial charge is 0.343 e. The highest BCUT2D eigenvalue weighted by atomic mass is 14.9. The van der Waals surface area contributed by atoms with Crippen molar-refractivity contribution >= 4 is 11.0 Å². The highest BCUT2D eigenvalue weighted by Gasteiger charge is 2.21. The Morgan fingerprint density at radius 3 is 2.40 bits per heavy atom. The van der Waals surface area contributed by atoms with Gasteiger partial charge >= 0.3 is 0 Å². The van der Waals surface area contributed by atoms with Gasteiger partial charge in [0.15, 0.2) is 0 Å². The van der Waals surface area contributed by atoms with Gasteiger partial charge in [-0.1, -0.05) is 20.8 Å². The van der Waals surface area contributed by atoms with E-state index >= 15 is 0 Å². The number of hydrogen-bond acceptors (Lipinski definition) is 1. The molecule has 1 N–H and O–H groups in total. The van der Waals surface area contributed by atoms with Crippen LogP contribution in [0.1, 0.15) is 37.7 Å². The van der Waals surface area contributed by atoms with Crippen molar-refractivity contribution < 1.29 is 0 Å². The van der Waals surface area contributed by atoms with Gasteiger partial charge in [0.05, 0.1) is 0 Å². The summed E-state index contributed by atoms with van der Waals surface area (Å²) in [6, 6.07) is 4.24. The maximum Gasteiger partial charge on any atom is 0.138 e. The molecule has 0 amide bonds. The second-order valence-electron chi connectivity index (χ2n) is 5.22. The van der Waals surface area contributed by atoms with E-state index in [1.165, 1.54) is 16.6 Å². The summed E-state index contributed by atoms with van der Waals surface area (Å²) in [6.45, 7) is 10.9. The topological polar surface area (TPSA) is 28.7 Å². The van der Waals surface area contributed by atoms with E-state index in [9.17, 15) is 0 Å². The molecule has 0 aliphatic heterocycles. The predicted octanol–water partition coefficient (Wildman–Crippen LogP) is 3.48. The molecule has 0 aliphatic carbocycles. The van der Waals surface area contributed by atoms with Crippen LogP contribution in [0.15, 0.2) is 12.1 Å². The van der Waals surface area contributed by atoms with E-state index in [1.807, 2.05) is 6.92 Å². The maximum atomic E-state index is 4.52.